The van der Waals surface area contributed by atoms with Gasteiger partial charge in [-0.1, -0.05) is 0 Å². The maximum Gasteiger partial charge on any atom is 0.354 e. The number of anilines is 1. The molecular weight excluding hydrogens is 236 g/mol. The Morgan fingerprint density at radius 3 is 2.76 bits per heavy atom. The molecule has 2 aromatic rings. The lowest BCUT2D eigenvalue weighted by Crippen LogP contribution is -2.22. The zero-order valence-corrected chi connectivity index (χ0v) is 10.6. The van der Waals surface area contributed by atoms with Crippen LogP contribution in [0.1, 0.15) is 24.3 Å². The van der Waals surface area contributed by atoms with Crippen molar-refractivity contribution in [3.63, 3.8) is 0 Å². The van der Waals surface area contributed by atoms with E-state index in [2.05, 4.69) is 23.7 Å². The third-order valence-corrected chi connectivity index (χ3v) is 3.64. The number of hydrogen-bond acceptors (Lipinski definition) is 4. The summed E-state index contributed by atoms with van der Waals surface area (Å²) in [4.78, 5) is 17.3. The van der Waals surface area contributed by atoms with Crippen LogP contribution in [0.4, 0.5) is 5.69 Å². The summed E-state index contributed by atoms with van der Waals surface area (Å²) in [5, 5.41) is 11.0. The first kappa shape index (κ1) is 11.9. The molecule has 0 fully saturated rings. The Balaban J connectivity index is 2.65. The van der Waals surface area contributed by atoms with Gasteiger partial charge < -0.3 is 10.0 Å². The molecule has 0 saturated heterocycles. The minimum absolute atomic E-state index is 0.109. The Morgan fingerprint density at radius 1 is 1.47 bits per heavy atom. The molecule has 17 heavy (non-hydrogen) atoms. The summed E-state index contributed by atoms with van der Waals surface area (Å²) in [6.07, 6.45) is 0. The molecule has 0 radical (unpaired) electrons. The van der Waals surface area contributed by atoms with E-state index in [-0.39, 0.29) is 5.69 Å². The van der Waals surface area contributed by atoms with Crippen molar-refractivity contribution in [1.29, 1.82) is 0 Å². The van der Waals surface area contributed by atoms with E-state index in [1.807, 2.05) is 11.4 Å². The number of aromatic nitrogens is 1. The summed E-state index contributed by atoms with van der Waals surface area (Å²) in [5.41, 5.74) is 1.84. The van der Waals surface area contributed by atoms with Gasteiger partial charge >= 0.3 is 5.97 Å². The molecule has 0 aliphatic heterocycles. The maximum absolute atomic E-state index is 11.0. The van der Waals surface area contributed by atoms with Crippen molar-refractivity contribution in [1.82, 2.24) is 4.98 Å². The third-order valence-electron chi connectivity index (χ3n) is 2.71. The number of rotatable bonds is 4. The lowest BCUT2D eigenvalue weighted by atomic mass is 10.2. The zero-order chi connectivity index (χ0) is 12.4. The molecular formula is C12H14N2O2S. The standard InChI is InChI=1S/C12H14N2O2S/c1-3-14(4-2)10-7-9(12(15)16)13-8-5-6-17-11(8)10/h5-7H,3-4H2,1-2H3,(H,15,16). The van der Waals surface area contributed by atoms with E-state index in [1.54, 1.807) is 17.4 Å². The van der Waals surface area contributed by atoms with Crippen LogP contribution in [-0.2, 0) is 0 Å². The van der Waals surface area contributed by atoms with Gasteiger partial charge in [0.2, 0.25) is 0 Å². The van der Waals surface area contributed by atoms with Gasteiger partial charge in [-0.25, -0.2) is 9.78 Å². The van der Waals surface area contributed by atoms with E-state index in [1.165, 1.54) is 0 Å². The Morgan fingerprint density at radius 2 is 2.18 bits per heavy atom. The molecule has 0 aliphatic carbocycles. The molecule has 2 rings (SSSR count). The first-order valence-corrected chi connectivity index (χ1v) is 6.41. The topological polar surface area (TPSA) is 53.4 Å². The lowest BCUT2D eigenvalue weighted by molar-refractivity contribution is 0.0691. The fourth-order valence-electron chi connectivity index (χ4n) is 1.85. The van der Waals surface area contributed by atoms with Crippen LogP contribution in [-0.4, -0.2) is 29.1 Å². The van der Waals surface area contributed by atoms with E-state index in [0.717, 1.165) is 29.0 Å². The Hall–Kier alpha value is -1.62. The van der Waals surface area contributed by atoms with E-state index >= 15 is 0 Å². The van der Waals surface area contributed by atoms with Crippen LogP contribution in [0.3, 0.4) is 0 Å². The van der Waals surface area contributed by atoms with Crippen LogP contribution in [0.25, 0.3) is 10.2 Å². The monoisotopic (exact) mass is 250 g/mol. The van der Waals surface area contributed by atoms with Crippen LogP contribution < -0.4 is 4.90 Å². The molecule has 0 aliphatic rings. The van der Waals surface area contributed by atoms with Gasteiger partial charge in [0, 0.05) is 13.1 Å². The van der Waals surface area contributed by atoms with E-state index < -0.39 is 5.97 Å². The second kappa shape index (κ2) is 4.71. The highest BCUT2D eigenvalue weighted by Gasteiger charge is 2.14. The molecule has 0 amide bonds. The largest absolute Gasteiger partial charge is 0.477 e. The van der Waals surface area contributed by atoms with Crippen molar-refractivity contribution >= 4 is 33.2 Å². The zero-order valence-electron chi connectivity index (χ0n) is 9.80. The highest BCUT2D eigenvalue weighted by Crippen LogP contribution is 2.31. The fraction of sp³-hybridized carbons (Fsp3) is 0.333. The molecule has 0 unspecified atom stereocenters. The van der Waals surface area contributed by atoms with Gasteiger partial charge in [-0.3, -0.25) is 0 Å². The molecule has 0 aromatic carbocycles. The quantitative estimate of drug-likeness (QED) is 0.906. The predicted octanol–water partition coefficient (Wildman–Crippen LogP) is 2.84. The first-order chi connectivity index (χ1) is 8.17. The van der Waals surface area contributed by atoms with E-state index in [4.69, 9.17) is 5.11 Å². The highest BCUT2D eigenvalue weighted by molar-refractivity contribution is 7.17. The summed E-state index contributed by atoms with van der Waals surface area (Å²) in [6, 6.07) is 3.52. The molecule has 0 spiro atoms. The van der Waals surface area contributed by atoms with Crippen LogP contribution in [0.5, 0.6) is 0 Å². The number of hydrogen-bond donors (Lipinski definition) is 1. The number of fused-ring (bicyclic) bond motifs is 1. The number of carboxylic acid groups (broad SMARTS) is 1. The molecule has 2 heterocycles. The Kier molecular flexibility index (Phi) is 3.28. The maximum atomic E-state index is 11.0. The average Bonchev–Trinajstić information content (AvgIpc) is 2.78. The number of pyridine rings is 1. The second-order valence-electron chi connectivity index (χ2n) is 3.64. The van der Waals surface area contributed by atoms with Gasteiger partial charge in [-0.15, -0.1) is 11.3 Å². The predicted molar refractivity (Wildman–Crippen MR) is 70.1 cm³/mol. The van der Waals surface area contributed by atoms with Crippen molar-refractivity contribution in [2.75, 3.05) is 18.0 Å². The van der Waals surface area contributed by atoms with Gasteiger partial charge in [0.1, 0.15) is 0 Å². The number of thiophene rings is 1. The number of aromatic carboxylic acids is 1. The molecule has 0 saturated carbocycles. The van der Waals surface area contributed by atoms with Gasteiger partial charge in [-0.2, -0.15) is 0 Å². The minimum Gasteiger partial charge on any atom is -0.477 e. The Labute approximate surface area is 104 Å². The van der Waals surface area contributed by atoms with Crippen LogP contribution in [0.15, 0.2) is 17.5 Å². The first-order valence-electron chi connectivity index (χ1n) is 5.53. The van der Waals surface area contributed by atoms with Crippen molar-refractivity contribution in [3.05, 3.63) is 23.2 Å². The van der Waals surface area contributed by atoms with Crippen molar-refractivity contribution in [2.24, 2.45) is 0 Å². The number of carbonyl (C=O) groups is 1. The average molecular weight is 250 g/mol. The smallest absolute Gasteiger partial charge is 0.354 e. The van der Waals surface area contributed by atoms with E-state index in [0.29, 0.717) is 0 Å². The van der Waals surface area contributed by atoms with Crippen molar-refractivity contribution < 1.29 is 9.90 Å². The van der Waals surface area contributed by atoms with E-state index in [9.17, 15) is 4.79 Å². The molecule has 2 aromatic heterocycles. The van der Waals surface area contributed by atoms with Crippen LogP contribution in [0.2, 0.25) is 0 Å². The van der Waals surface area contributed by atoms with Gasteiger partial charge in [0.05, 0.1) is 15.9 Å². The van der Waals surface area contributed by atoms with Crippen molar-refractivity contribution in [2.45, 2.75) is 13.8 Å². The molecule has 1 N–H and O–H groups in total. The number of carboxylic acids is 1. The SMILES string of the molecule is CCN(CC)c1cc(C(=O)O)nc2ccsc12. The summed E-state index contributed by atoms with van der Waals surface area (Å²) in [6.45, 7) is 5.83. The fourth-order valence-corrected chi connectivity index (χ4v) is 2.72. The Bertz CT molecular complexity index is 546. The van der Waals surface area contributed by atoms with Crippen molar-refractivity contribution in [3.8, 4) is 0 Å². The highest BCUT2D eigenvalue weighted by atomic mass is 32.1. The molecule has 0 atom stereocenters. The number of nitrogens with zero attached hydrogens (tertiary/aromatic N) is 2. The van der Waals surface area contributed by atoms with Crippen LogP contribution in [0, 0.1) is 0 Å². The molecule has 0 bridgehead atoms. The minimum atomic E-state index is -0.980. The third kappa shape index (κ3) is 2.10. The summed E-state index contributed by atoms with van der Waals surface area (Å²) < 4.78 is 1.05. The molecule has 5 heteroatoms. The summed E-state index contributed by atoms with van der Waals surface area (Å²) >= 11 is 1.60. The second-order valence-corrected chi connectivity index (χ2v) is 4.56. The lowest BCUT2D eigenvalue weighted by Gasteiger charge is -2.21. The molecule has 4 nitrogen and oxygen atoms in total. The van der Waals surface area contributed by atoms with Crippen LogP contribution >= 0.6 is 11.3 Å². The van der Waals surface area contributed by atoms with Gasteiger partial charge in [-0.05, 0) is 31.4 Å². The summed E-state index contributed by atoms with van der Waals surface area (Å²) in [7, 11) is 0. The van der Waals surface area contributed by atoms with Gasteiger partial charge in [0.25, 0.3) is 0 Å². The summed E-state index contributed by atoms with van der Waals surface area (Å²) in [5.74, 6) is -0.980. The van der Waals surface area contributed by atoms with Gasteiger partial charge in [0.15, 0.2) is 5.69 Å². The molecule has 90 valence electrons. The normalized spacial score (nSPS) is 10.7.